The van der Waals surface area contributed by atoms with Crippen molar-refractivity contribution in [2.24, 2.45) is 0 Å². The molecule has 4 nitrogen and oxygen atoms in total. The Morgan fingerprint density at radius 3 is 2.63 bits per heavy atom. The van der Waals surface area contributed by atoms with Gasteiger partial charge in [0.15, 0.2) is 5.65 Å². The highest BCUT2D eigenvalue weighted by Crippen LogP contribution is 2.20. The van der Waals surface area contributed by atoms with Crippen LogP contribution in [0.3, 0.4) is 0 Å². The smallest absolute Gasteiger partial charge is 0.160 e. The van der Waals surface area contributed by atoms with E-state index in [-0.39, 0.29) is 0 Å². The molecular weight excluding hydrogens is 260 g/mol. The van der Waals surface area contributed by atoms with Crippen molar-refractivity contribution in [3.8, 4) is 0 Å². The molecule has 5 heteroatoms. The second-order valence-corrected chi connectivity index (χ2v) is 4.91. The van der Waals surface area contributed by atoms with E-state index in [1.807, 2.05) is 54.9 Å². The van der Waals surface area contributed by atoms with Gasteiger partial charge < -0.3 is 5.32 Å². The Morgan fingerprint density at radius 1 is 1.16 bits per heavy atom. The molecular formula is C14H13ClN4. The van der Waals surface area contributed by atoms with Gasteiger partial charge in [-0.05, 0) is 38.1 Å². The van der Waals surface area contributed by atoms with Gasteiger partial charge in [0.1, 0.15) is 5.82 Å². The minimum absolute atomic E-state index is 0.719. The van der Waals surface area contributed by atoms with Crippen molar-refractivity contribution in [3.63, 3.8) is 0 Å². The zero-order valence-corrected chi connectivity index (χ0v) is 11.4. The lowest BCUT2D eigenvalue weighted by Crippen LogP contribution is -2.00. The first kappa shape index (κ1) is 12.0. The molecule has 19 heavy (non-hydrogen) atoms. The van der Waals surface area contributed by atoms with Crippen LogP contribution in [0.1, 0.15) is 11.3 Å². The fraction of sp³-hybridized carbons (Fsp3) is 0.143. The van der Waals surface area contributed by atoms with Crippen LogP contribution in [0.25, 0.3) is 5.65 Å². The van der Waals surface area contributed by atoms with Crippen molar-refractivity contribution < 1.29 is 0 Å². The van der Waals surface area contributed by atoms with Gasteiger partial charge >= 0.3 is 0 Å². The summed E-state index contributed by atoms with van der Waals surface area (Å²) in [7, 11) is 0. The molecule has 0 aliphatic rings. The predicted octanol–water partition coefficient (Wildman–Crippen LogP) is 3.74. The van der Waals surface area contributed by atoms with Crippen LogP contribution in [0, 0.1) is 13.8 Å². The summed E-state index contributed by atoms with van der Waals surface area (Å²) in [5.41, 5.74) is 3.92. The number of hydrogen-bond acceptors (Lipinski definition) is 3. The molecule has 0 aliphatic carbocycles. The maximum Gasteiger partial charge on any atom is 0.160 e. The first-order valence-electron chi connectivity index (χ1n) is 5.98. The van der Waals surface area contributed by atoms with E-state index in [0.29, 0.717) is 0 Å². The van der Waals surface area contributed by atoms with Crippen LogP contribution in [0.4, 0.5) is 11.5 Å². The van der Waals surface area contributed by atoms with Crippen molar-refractivity contribution in [1.29, 1.82) is 0 Å². The van der Waals surface area contributed by atoms with E-state index in [2.05, 4.69) is 15.4 Å². The van der Waals surface area contributed by atoms with Gasteiger partial charge in [-0.2, -0.15) is 5.10 Å². The summed E-state index contributed by atoms with van der Waals surface area (Å²) in [5.74, 6) is 0.802. The third kappa shape index (κ3) is 2.27. The summed E-state index contributed by atoms with van der Waals surface area (Å²) < 4.78 is 1.84. The molecule has 0 fully saturated rings. The Hall–Kier alpha value is -2.07. The maximum absolute atomic E-state index is 5.87. The summed E-state index contributed by atoms with van der Waals surface area (Å²) in [6.07, 6.45) is 1.82. The molecule has 2 aromatic heterocycles. The van der Waals surface area contributed by atoms with Crippen LogP contribution in [-0.4, -0.2) is 14.6 Å². The summed E-state index contributed by atoms with van der Waals surface area (Å²) in [6, 6.07) is 9.51. The number of aromatic nitrogens is 3. The van der Waals surface area contributed by atoms with Crippen molar-refractivity contribution in [2.45, 2.75) is 13.8 Å². The number of nitrogens with zero attached hydrogens (tertiary/aromatic N) is 3. The zero-order chi connectivity index (χ0) is 13.4. The van der Waals surface area contributed by atoms with Gasteiger partial charge in [-0.3, -0.25) is 0 Å². The van der Waals surface area contributed by atoms with Crippen LogP contribution in [-0.2, 0) is 0 Å². The number of anilines is 2. The lowest BCUT2D eigenvalue weighted by Gasteiger charge is -2.08. The van der Waals surface area contributed by atoms with Crippen LogP contribution >= 0.6 is 11.6 Å². The molecule has 2 heterocycles. The van der Waals surface area contributed by atoms with Crippen LogP contribution in [0.5, 0.6) is 0 Å². The molecule has 0 atom stereocenters. The fourth-order valence-corrected chi connectivity index (χ4v) is 2.09. The lowest BCUT2D eigenvalue weighted by atomic mass is 10.3. The number of aryl methyl sites for hydroxylation is 2. The van der Waals surface area contributed by atoms with Crippen LogP contribution < -0.4 is 5.32 Å². The molecule has 0 spiro atoms. The molecule has 0 aliphatic heterocycles. The Balaban J connectivity index is 2.01. The normalized spacial score (nSPS) is 10.9. The van der Waals surface area contributed by atoms with Crippen LogP contribution in [0.2, 0.25) is 5.02 Å². The third-order valence-electron chi connectivity index (χ3n) is 2.94. The van der Waals surface area contributed by atoms with Gasteiger partial charge in [0.2, 0.25) is 0 Å². The van der Waals surface area contributed by atoms with Gasteiger partial charge in [-0.1, -0.05) is 11.6 Å². The number of hydrogen-bond donors (Lipinski definition) is 1. The highest BCUT2D eigenvalue weighted by Gasteiger charge is 2.06. The summed E-state index contributed by atoms with van der Waals surface area (Å²) in [6.45, 7) is 4.01. The number of rotatable bonds is 2. The minimum atomic E-state index is 0.719. The van der Waals surface area contributed by atoms with Crippen molar-refractivity contribution in [2.75, 3.05) is 5.32 Å². The Morgan fingerprint density at radius 2 is 1.89 bits per heavy atom. The monoisotopic (exact) mass is 272 g/mol. The number of halogens is 1. The maximum atomic E-state index is 5.87. The Bertz CT molecular complexity index is 731. The van der Waals surface area contributed by atoms with Crippen LogP contribution in [0.15, 0.2) is 36.5 Å². The molecule has 1 aromatic carbocycles. The molecule has 3 aromatic rings. The molecule has 0 saturated carbocycles. The van der Waals surface area contributed by atoms with E-state index in [0.717, 1.165) is 33.4 Å². The number of nitrogens with one attached hydrogen (secondary N) is 1. The predicted molar refractivity (Wildman–Crippen MR) is 77.2 cm³/mol. The average Bonchev–Trinajstić information content (AvgIpc) is 2.75. The molecule has 3 rings (SSSR count). The van der Waals surface area contributed by atoms with Crippen molar-refractivity contribution in [1.82, 2.24) is 14.6 Å². The Kier molecular flexibility index (Phi) is 2.87. The molecule has 0 unspecified atom stereocenters. The molecule has 1 N–H and O–H groups in total. The molecule has 0 amide bonds. The average molecular weight is 273 g/mol. The van der Waals surface area contributed by atoms with E-state index in [1.165, 1.54) is 0 Å². The first-order chi connectivity index (χ1) is 9.13. The van der Waals surface area contributed by atoms with E-state index < -0.39 is 0 Å². The zero-order valence-electron chi connectivity index (χ0n) is 10.7. The van der Waals surface area contributed by atoms with Gasteiger partial charge in [-0.15, -0.1) is 0 Å². The topological polar surface area (TPSA) is 42.2 Å². The van der Waals surface area contributed by atoms with Gasteiger partial charge in [-0.25, -0.2) is 9.50 Å². The van der Waals surface area contributed by atoms with Crippen molar-refractivity contribution >= 4 is 28.8 Å². The highest BCUT2D eigenvalue weighted by atomic mass is 35.5. The van der Waals surface area contributed by atoms with E-state index in [9.17, 15) is 0 Å². The second-order valence-electron chi connectivity index (χ2n) is 4.48. The SMILES string of the molecule is Cc1cnn2c(C)cc(Nc3ccc(Cl)cc3)nc12. The van der Waals surface area contributed by atoms with E-state index in [4.69, 9.17) is 11.6 Å². The largest absolute Gasteiger partial charge is 0.340 e. The molecule has 0 saturated heterocycles. The quantitative estimate of drug-likeness (QED) is 0.773. The first-order valence-corrected chi connectivity index (χ1v) is 6.36. The number of fused-ring (bicyclic) bond motifs is 1. The van der Waals surface area contributed by atoms with Gasteiger partial charge in [0.25, 0.3) is 0 Å². The minimum Gasteiger partial charge on any atom is -0.340 e. The van der Waals surface area contributed by atoms with Crippen molar-refractivity contribution in [3.05, 3.63) is 52.8 Å². The van der Waals surface area contributed by atoms with E-state index in [1.54, 1.807) is 0 Å². The molecule has 0 radical (unpaired) electrons. The summed E-state index contributed by atoms with van der Waals surface area (Å²) in [5, 5.41) is 8.28. The lowest BCUT2D eigenvalue weighted by molar-refractivity contribution is 0.896. The molecule has 96 valence electrons. The van der Waals surface area contributed by atoms with E-state index >= 15 is 0 Å². The fourth-order valence-electron chi connectivity index (χ4n) is 1.97. The number of benzene rings is 1. The standard InChI is InChI=1S/C14H13ClN4/c1-9-8-16-19-10(2)7-13(18-14(9)19)17-12-5-3-11(15)4-6-12/h3-8H,1-2H3,(H,17,18). The summed E-state index contributed by atoms with van der Waals surface area (Å²) >= 11 is 5.87. The second kappa shape index (κ2) is 4.55. The highest BCUT2D eigenvalue weighted by molar-refractivity contribution is 6.30. The third-order valence-corrected chi connectivity index (χ3v) is 3.19. The Labute approximate surface area is 116 Å². The van der Waals surface area contributed by atoms with Gasteiger partial charge in [0, 0.05) is 28.0 Å². The van der Waals surface area contributed by atoms with Gasteiger partial charge in [0.05, 0.1) is 6.20 Å². The molecule has 0 bridgehead atoms. The summed E-state index contributed by atoms with van der Waals surface area (Å²) in [4.78, 5) is 4.57.